The molecule has 0 saturated heterocycles. The lowest BCUT2D eigenvalue weighted by Gasteiger charge is -2.34. The van der Waals surface area contributed by atoms with E-state index in [9.17, 15) is 28.3 Å². The topological polar surface area (TPSA) is 133 Å². The van der Waals surface area contributed by atoms with E-state index >= 15 is 0 Å². The lowest BCUT2D eigenvalue weighted by atomic mass is 9.94. The van der Waals surface area contributed by atoms with Crippen molar-refractivity contribution in [3.63, 3.8) is 0 Å². The van der Waals surface area contributed by atoms with E-state index in [1.165, 1.54) is 18.2 Å². The van der Waals surface area contributed by atoms with Crippen molar-refractivity contribution in [3.05, 3.63) is 75.3 Å². The minimum absolute atomic E-state index is 0.0476. The average Bonchev–Trinajstić information content (AvgIpc) is 3.36. The Morgan fingerprint density at radius 2 is 1.95 bits per heavy atom. The molecule has 10 nitrogen and oxygen atoms in total. The molecule has 1 aromatic carbocycles. The van der Waals surface area contributed by atoms with Crippen LogP contribution in [0.5, 0.6) is 5.75 Å². The van der Waals surface area contributed by atoms with Gasteiger partial charge < -0.3 is 19.9 Å². The number of carbonyl (C=O) groups is 2. The van der Waals surface area contributed by atoms with E-state index in [0.29, 0.717) is 53.1 Å². The summed E-state index contributed by atoms with van der Waals surface area (Å²) in [5.74, 6) is -3.01. The van der Waals surface area contributed by atoms with Crippen LogP contribution in [0.15, 0.2) is 41.3 Å². The van der Waals surface area contributed by atoms with Gasteiger partial charge in [-0.2, -0.15) is 5.10 Å². The van der Waals surface area contributed by atoms with Crippen LogP contribution >= 0.6 is 0 Å². The van der Waals surface area contributed by atoms with Crippen LogP contribution < -0.4 is 10.7 Å². The molecule has 0 spiro atoms. The molecule has 1 aliphatic heterocycles. The average molecular weight is 565 g/mol. The van der Waals surface area contributed by atoms with Gasteiger partial charge in [-0.1, -0.05) is 6.92 Å². The Morgan fingerprint density at radius 3 is 2.68 bits per heavy atom. The largest absolute Gasteiger partial charge is 0.503 e. The molecule has 0 aliphatic carbocycles. The second-order valence-electron chi connectivity index (χ2n) is 10.4. The number of pyridine rings is 2. The molecule has 214 valence electrons. The predicted molar refractivity (Wildman–Crippen MR) is 147 cm³/mol. The van der Waals surface area contributed by atoms with E-state index in [0.717, 1.165) is 6.20 Å². The quantitative estimate of drug-likeness (QED) is 0.300. The number of rotatable bonds is 8. The summed E-state index contributed by atoms with van der Waals surface area (Å²) in [6.45, 7) is 6.22. The van der Waals surface area contributed by atoms with E-state index in [-0.39, 0.29) is 30.6 Å². The molecule has 1 atom stereocenters. The summed E-state index contributed by atoms with van der Waals surface area (Å²) in [5.41, 5.74) is 1.28. The molecule has 4 heterocycles. The number of hydrogen-bond donors (Lipinski definition) is 3. The highest BCUT2D eigenvalue weighted by Gasteiger charge is 2.31. The van der Waals surface area contributed by atoms with E-state index < -0.39 is 34.6 Å². The van der Waals surface area contributed by atoms with Crippen molar-refractivity contribution in [1.82, 2.24) is 30.0 Å². The number of nitrogens with one attached hydrogen (secondary N) is 2. The lowest BCUT2D eigenvalue weighted by Crippen LogP contribution is -2.46. The summed E-state index contributed by atoms with van der Waals surface area (Å²) in [4.78, 5) is 44.2. The fourth-order valence-corrected chi connectivity index (χ4v) is 5.23. The molecule has 12 heteroatoms. The van der Waals surface area contributed by atoms with Gasteiger partial charge in [-0.25, -0.2) is 13.8 Å². The molecular weight excluding hydrogens is 534 g/mol. The van der Waals surface area contributed by atoms with Gasteiger partial charge >= 0.3 is 0 Å². The summed E-state index contributed by atoms with van der Waals surface area (Å²) in [7, 11) is 0. The fraction of sp³-hybridized carbons (Fsp3) is 0.345. The zero-order valence-corrected chi connectivity index (χ0v) is 22.9. The molecule has 0 fully saturated rings. The summed E-state index contributed by atoms with van der Waals surface area (Å²) in [5, 5.41) is 20.5. The Kier molecular flexibility index (Phi) is 7.57. The molecule has 0 radical (unpaired) electrons. The van der Waals surface area contributed by atoms with Crippen molar-refractivity contribution in [1.29, 1.82) is 0 Å². The molecule has 4 aromatic rings. The third-order valence-electron chi connectivity index (χ3n) is 7.51. The first kappa shape index (κ1) is 27.9. The van der Waals surface area contributed by atoms with Gasteiger partial charge in [0, 0.05) is 47.8 Å². The minimum atomic E-state index is -0.702. The lowest BCUT2D eigenvalue weighted by molar-refractivity contribution is -0.125. The summed E-state index contributed by atoms with van der Waals surface area (Å²) < 4.78 is 30.2. The van der Waals surface area contributed by atoms with E-state index in [2.05, 4.69) is 20.5 Å². The van der Waals surface area contributed by atoms with Crippen LogP contribution in [0, 0.1) is 17.6 Å². The Hall–Kier alpha value is -4.61. The monoisotopic (exact) mass is 564 g/mol. The van der Waals surface area contributed by atoms with Gasteiger partial charge in [-0.05, 0) is 56.5 Å². The van der Waals surface area contributed by atoms with Crippen molar-refractivity contribution in [3.8, 4) is 17.0 Å². The molecule has 41 heavy (non-hydrogen) atoms. The number of aromatic amines is 1. The molecule has 3 aromatic heterocycles. The number of carbonyl (C=O) groups excluding carboxylic acids is 2. The maximum Gasteiger partial charge on any atom is 0.274 e. The van der Waals surface area contributed by atoms with Gasteiger partial charge in [0.05, 0.1) is 18.4 Å². The first-order valence-electron chi connectivity index (χ1n) is 13.4. The molecular formula is C29H30F2N6O4. The maximum absolute atomic E-state index is 14.9. The molecule has 1 aliphatic rings. The third kappa shape index (κ3) is 5.29. The minimum Gasteiger partial charge on any atom is -0.503 e. The van der Waals surface area contributed by atoms with Crippen LogP contribution in [0.4, 0.5) is 8.78 Å². The number of aromatic nitrogens is 4. The smallest absolute Gasteiger partial charge is 0.274 e. The summed E-state index contributed by atoms with van der Waals surface area (Å²) in [6.07, 6.45) is 1.57. The number of aromatic hydroxyl groups is 1. The Morgan fingerprint density at radius 1 is 1.17 bits per heavy atom. The van der Waals surface area contributed by atoms with Crippen LogP contribution in [0.2, 0.25) is 0 Å². The fourth-order valence-electron chi connectivity index (χ4n) is 5.23. The second-order valence-corrected chi connectivity index (χ2v) is 10.4. The van der Waals surface area contributed by atoms with Gasteiger partial charge in [0.1, 0.15) is 11.6 Å². The van der Waals surface area contributed by atoms with Gasteiger partial charge in [0.25, 0.3) is 5.91 Å². The van der Waals surface area contributed by atoms with E-state index in [4.69, 9.17) is 0 Å². The molecule has 5 rings (SSSR count). The normalized spacial score (nSPS) is 14.0. The van der Waals surface area contributed by atoms with Gasteiger partial charge in [-0.15, -0.1) is 0 Å². The van der Waals surface area contributed by atoms with E-state index in [1.54, 1.807) is 21.6 Å². The number of nitrogens with zero attached hydrogens (tertiary/aromatic N) is 4. The Balaban J connectivity index is 1.35. The summed E-state index contributed by atoms with van der Waals surface area (Å²) >= 11 is 0. The molecule has 0 saturated carbocycles. The zero-order chi connectivity index (χ0) is 29.4. The van der Waals surface area contributed by atoms with Gasteiger partial charge in [0.2, 0.25) is 11.3 Å². The Bertz CT molecular complexity index is 1710. The highest BCUT2D eigenvalue weighted by Crippen LogP contribution is 2.29. The van der Waals surface area contributed by atoms with E-state index in [1.807, 2.05) is 20.8 Å². The van der Waals surface area contributed by atoms with Crippen LogP contribution in [-0.2, 0) is 24.3 Å². The molecule has 3 N–H and O–H groups in total. The number of halogens is 2. The number of amides is 2. The van der Waals surface area contributed by atoms with Crippen molar-refractivity contribution in [2.45, 2.75) is 52.7 Å². The van der Waals surface area contributed by atoms with Gasteiger partial charge in [-0.3, -0.25) is 19.5 Å². The predicted octanol–water partition coefficient (Wildman–Crippen LogP) is 3.52. The van der Waals surface area contributed by atoms with Crippen LogP contribution in [0.3, 0.4) is 0 Å². The molecule has 2 amide bonds. The Labute approximate surface area is 234 Å². The second kappa shape index (κ2) is 11.1. The number of hydrogen-bond acceptors (Lipinski definition) is 6. The SMILES string of the molecule is CCC(Cc1cc(-c2[nH]nc3ncc(F)cc23)ccc1F)C(=O)NCc1cc(=O)c(O)c2n1CCN(C(C)C)C2=O. The third-order valence-corrected chi connectivity index (χ3v) is 7.51. The number of H-pyrrole nitrogens is 1. The van der Waals surface area contributed by atoms with Crippen molar-refractivity contribution < 1.29 is 23.5 Å². The van der Waals surface area contributed by atoms with Crippen molar-refractivity contribution >= 4 is 22.8 Å². The first-order chi connectivity index (χ1) is 19.6. The van der Waals surface area contributed by atoms with Crippen LogP contribution in [0.25, 0.3) is 22.3 Å². The van der Waals surface area contributed by atoms with Crippen molar-refractivity contribution in [2.24, 2.45) is 5.92 Å². The highest BCUT2D eigenvalue weighted by molar-refractivity contribution is 5.96. The first-order valence-corrected chi connectivity index (χ1v) is 13.4. The molecule has 1 unspecified atom stereocenters. The zero-order valence-electron chi connectivity index (χ0n) is 22.9. The summed E-state index contributed by atoms with van der Waals surface area (Å²) in [6, 6.07) is 6.85. The number of benzene rings is 1. The molecule has 0 bridgehead atoms. The van der Waals surface area contributed by atoms with Crippen LogP contribution in [-0.4, -0.2) is 54.2 Å². The highest BCUT2D eigenvalue weighted by atomic mass is 19.1. The standard InChI is InChI=1S/C29H30F2N6O4/c1-4-16(9-18-10-17(5-6-22(18)31)24-21-11-19(30)13-32-27(21)35-34-24)28(40)33-14-20-12-23(38)26(39)25-29(41)36(15(2)3)7-8-37(20)25/h5-6,10-13,15-16,39H,4,7-9,14H2,1-3H3,(H,33,40)(H,32,34,35). The van der Waals surface area contributed by atoms with Gasteiger partial charge in [0.15, 0.2) is 17.1 Å². The van der Waals surface area contributed by atoms with Crippen molar-refractivity contribution in [2.75, 3.05) is 6.54 Å². The van der Waals surface area contributed by atoms with Crippen LogP contribution in [0.1, 0.15) is 48.9 Å². The maximum atomic E-state index is 14.9. The number of fused-ring (bicyclic) bond motifs is 2.